The van der Waals surface area contributed by atoms with E-state index in [4.69, 9.17) is 0 Å². The maximum absolute atomic E-state index is 14.6. The molecule has 1 fully saturated rings. The first-order valence-corrected chi connectivity index (χ1v) is 24.8. The van der Waals surface area contributed by atoms with Gasteiger partial charge in [0.15, 0.2) is 11.6 Å². The van der Waals surface area contributed by atoms with E-state index >= 15 is 0 Å². The predicted octanol–water partition coefficient (Wildman–Crippen LogP) is 5.87. The smallest absolute Gasteiger partial charge is 0.246 e. The number of hydrogen-bond acceptors (Lipinski definition) is 10. The molecule has 1 aliphatic carbocycles. The van der Waals surface area contributed by atoms with E-state index in [0.29, 0.717) is 11.1 Å². The summed E-state index contributed by atoms with van der Waals surface area (Å²) >= 11 is 0. The van der Waals surface area contributed by atoms with Crippen molar-refractivity contribution in [1.29, 1.82) is 0 Å². The van der Waals surface area contributed by atoms with Crippen LogP contribution in [0.1, 0.15) is 153 Å². The monoisotopic (exact) mass is 1010 g/mol. The van der Waals surface area contributed by atoms with Gasteiger partial charge in [0.05, 0.1) is 24.2 Å². The van der Waals surface area contributed by atoms with Crippen LogP contribution in [0.25, 0.3) is 0 Å². The molecule has 1 heterocycles. The van der Waals surface area contributed by atoms with Gasteiger partial charge in [-0.2, -0.15) is 0 Å². The normalized spacial score (nSPS) is 19.7. The summed E-state index contributed by atoms with van der Waals surface area (Å²) in [7, 11) is 3.39. The molecule has 17 heteroatoms. The average Bonchev–Trinajstić information content (AvgIpc) is 3.73. The van der Waals surface area contributed by atoms with Crippen LogP contribution in [-0.4, -0.2) is 115 Å². The van der Waals surface area contributed by atoms with Gasteiger partial charge in [-0.05, 0) is 114 Å². The summed E-state index contributed by atoms with van der Waals surface area (Å²) < 4.78 is 0. The van der Waals surface area contributed by atoms with E-state index in [9.17, 15) is 33.6 Å². The number of hydrogen-bond donors (Lipinski definition) is 7. The number of Topliss-reactive ketones (excluding diaryl/α,β-unsaturated/α-hetero) is 2. The molecule has 0 spiro atoms. The number of carbonyl (C=O) groups excluding carboxylic acids is 7. The summed E-state index contributed by atoms with van der Waals surface area (Å²) in [4.78, 5) is 98.4. The number of aryl methyl sites for hydroxylation is 1. The third-order valence-corrected chi connectivity index (χ3v) is 14.1. The van der Waals surface area contributed by atoms with Crippen molar-refractivity contribution in [2.45, 2.75) is 175 Å². The van der Waals surface area contributed by atoms with Crippen LogP contribution >= 0.6 is 24.8 Å². The van der Waals surface area contributed by atoms with Crippen LogP contribution in [0.2, 0.25) is 0 Å². The first-order chi connectivity index (χ1) is 32.0. The molecule has 10 atom stereocenters. The quantitative estimate of drug-likeness (QED) is 0.0660. The van der Waals surface area contributed by atoms with Gasteiger partial charge in [0.25, 0.3) is 0 Å². The van der Waals surface area contributed by atoms with E-state index in [-0.39, 0.29) is 140 Å². The Labute approximate surface area is 429 Å². The molecule has 0 aromatic heterocycles. The van der Waals surface area contributed by atoms with E-state index in [0.717, 1.165) is 24.8 Å². The van der Waals surface area contributed by atoms with Gasteiger partial charge in [0.1, 0.15) is 12.1 Å². The third-order valence-electron chi connectivity index (χ3n) is 14.1. The maximum Gasteiger partial charge on any atom is 0.246 e. The number of ketones is 2. The fourth-order valence-electron chi connectivity index (χ4n) is 9.11. The van der Waals surface area contributed by atoms with Gasteiger partial charge >= 0.3 is 0 Å². The van der Waals surface area contributed by atoms with Gasteiger partial charge in [0.2, 0.25) is 29.5 Å². The Hall–Kier alpha value is -4.41. The summed E-state index contributed by atoms with van der Waals surface area (Å²) in [5.41, 5.74) is 2.22. The van der Waals surface area contributed by atoms with E-state index in [1.165, 1.54) is 5.56 Å². The standard InChI is InChI=1S/C53H82N8O7.2ClH/c1-30(2)32(5)57-50(66)42(56-33(6)46(31(3)4)59-48(64)34(7)54-12)24-25-44(62)38-20-16-21-39(28-38)45(63)27-36-26-43(51(67)58-41-23-17-19-37-18-14-15-22-40(37)41)61(29-36)52(68)47(53(9,10)11)60-49(65)35(8)55-13;;/h14-16,18,20-22,28,30-36,41-43,46-47,54-56H,17,19,23-27,29H2,1-13H3,(H,57,66)(H,58,67)(H,59,64)(H,60,65);2*1H/t32-,33?,34+,35+,36-,41-,42+,43+,46+,47-;;/m1../s1. The number of likely N-dealkylation sites (tertiary alicyclic amines) is 1. The molecular weight excluding hydrogens is 932 g/mol. The van der Waals surface area contributed by atoms with Crippen LogP contribution in [-0.2, 0) is 30.4 Å². The first kappa shape index (κ1) is 61.7. The van der Waals surface area contributed by atoms with Gasteiger partial charge in [0, 0.05) is 48.6 Å². The topological polar surface area (TPSA) is 207 Å². The molecule has 2 aromatic carbocycles. The fraction of sp³-hybridized carbons (Fsp3) is 0.642. The Morgan fingerprint density at radius 1 is 0.714 bits per heavy atom. The van der Waals surface area contributed by atoms with Gasteiger partial charge < -0.3 is 42.1 Å². The Morgan fingerprint density at radius 3 is 1.90 bits per heavy atom. The molecule has 1 aliphatic heterocycles. The minimum absolute atomic E-state index is 0. The second-order valence-corrected chi connectivity index (χ2v) is 21.1. The molecule has 0 saturated carbocycles. The van der Waals surface area contributed by atoms with Crippen LogP contribution < -0.4 is 37.2 Å². The van der Waals surface area contributed by atoms with Crippen molar-refractivity contribution < 1.29 is 33.6 Å². The van der Waals surface area contributed by atoms with E-state index in [1.807, 2.05) is 80.5 Å². The van der Waals surface area contributed by atoms with Gasteiger partial charge in [-0.3, -0.25) is 33.6 Å². The van der Waals surface area contributed by atoms with Gasteiger partial charge in [-0.25, -0.2) is 0 Å². The highest BCUT2D eigenvalue weighted by Gasteiger charge is 2.46. The summed E-state index contributed by atoms with van der Waals surface area (Å²) in [5.74, 6) is -2.04. The van der Waals surface area contributed by atoms with Crippen molar-refractivity contribution in [3.05, 3.63) is 70.8 Å². The van der Waals surface area contributed by atoms with Crippen molar-refractivity contribution in [2.75, 3.05) is 20.6 Å². The Morgan fingerprint density at radius 2 is 1.31 bits per heavy atom. The second-order valence-electron chi connectivity index (χ2n) is 21.1. The Kier molecular flexibility index (Phi) is 24.7. The lowest BCUT2D eigenvalue weighted by atomic mass is 9.85. The summed E-state index contributed by atoms with van der Waals surface area (Å²) in [6.07, 6.45) is 3.06. The molecule has 5 amide bonds. The highest BCUT2D eigenvalue weighted by molar-refractivity contribution is 6.02. The summed E-state index contributed by atoms with van der Waals surface area (Å²) in [6, 6.07) is 10.2. The number of likely N-dealkylation sites (N-methyl/N-ethyl adjacent to an activating group) is 2. The van der Waals surface area contributed by atoms with Crippen LogP contribution in [0, 0.1) is 23.2 Å². The molecule has 0 bridgehead atoms. The van der Waals surface area contributed by atoms with Crippen LogP contribution in [0.3, 0.4) is 0 Å². The number of benzene rings is 2. The molecule has 15 nitrogen and oxygen atoms in total. The molecule has 7 N–H and O–H groups in total. The summed E-state index contributed by atoms with van der Waals surface area (Å²) in [6.45, 7) is 21.2. The Balaban J connectivity index is 0.00000840. The number of nitrogens with one attached hydrogen (secondary N) is 7. The number of carbonyl (C=O) groups is 7. The highest BCUT2D eigenvalue weighted by atomic mass is 35.5. The fourth-order valence-corrected chi connectivity index (χ4v) is 9.11. The number of rotatable bonds is 23. The SMILES string of the molecule is CN[C@@H](C)C(=O)N[C@@H](C(C)C)C(C)N[C@@H](CCC(=O)c1cccc(C(=O)C[C@H]2C[C@@H](C(=O)N[C@@H]3CCCc4ccccc43)N(C(=O)[C@@H](NC(=O)[C@H](C)NC)C(C)(C)C)C2)c1)C(=O)N[C@H](C)C(C)C.Cl.Cl. The molecule has 1 saturated heterocycles. The zero-order valence-electron chi connectivity index (χ0n) is 43.8. The summed E-state index contributed by atoms with van der Waals surface area (Å²) in [5, 5.41) is 21.7. The van der Waals surface area contributed by atoms with Crippen molar-refractivity contribution in [3.8, 4) is 0 Å². The molecule has 0 radical (unpaired) electrons. The third kappa shape index (κ3) is 16.9. The van der Waals surface area contributed by atoms with E-state index in [1.54, 1.807) is 57.1 Å². The lowest BCUT2D eigenvalue weighted by molar-refractivity contribution is -0.144. The van der Waals surface area contributed by atoms with Crippen LogP contribution in [0.15, 0.2) is 48.5 Å². The van der Waals surface area contributed by atoms with E-state index in [2.05, 4.69) is 43.3 Å². The zero-order chi connectivity index (χ0) is 50.6. The maximum atomic E-state index is 14.6. The zero-order valence-corrected chi connectivity index (χ0v) is 45.5. The number of fused-ring (bicyclic) bond motifs is 1. The van der Waals surface area contributed by atoms with Gasteiger partial charge in [-0.15, -0.1) is 24.8 Å². The van der Waals surface area contributed by atoms with Crippen molar-refractivity contribution >= 4 is 65.9 Å². The highest BCUT2D eigenvalue weighted by Crippen LogP contribution is 2.34. The average molecular weight is 1020 g/mol. The van der Waals surface area contributed by atoms with Crippen molar-refractivity contribution in [3.63, 3.8) is 0 Å². The number of amides is 5. The van der Waals surface area contributed by atoms with Gasteiger partial charge in [-0.1, -0.05) is 90.9 Å². The number of nitrogens with zero attached hydrogens (tertiary/aromatic N) is 1. The molecule has 4 rings (SSSR count). The molecular formula is C53H84Cl2N8O7. The largest absolute Gasteiger partial charge is 0.352 e. The molecule has 2 aliphatic rings. The second kappa shape index (κ2) is 28.0. The predicted molar refractivity (Wildman–Crippen MR) is 281 cm³/mol. The van der Waals surface area contributed by atoms with Crippen LogP contribution in [0.5, 0.6) is 0 Å². The van der Waals surface area contributed by atoms with Crippen LogP contribution in [0.4, 0.5) is 0 Å². The lowest BCUT2D eigenvalue weighted by Crippen LogP contribution is -2.59. The molecule has 70 heavy (non-hydrogen) atoms. The molecule has 1 unspecified atom stereocenters. The Bertz CT molecular complexity index is 2100. The minimum atomic E-state index is -0.944. The number of halogens is 2. The van der Waals surface area contributed by atoms with Crippen molar-refractivity contribution in [2.24, 2.45) is 23.2 Å². The lowest BCUT2D eigenvalue weighted by Gasteiger charge is -2.36. The molecule has 2 aromatic rings. The minimum Gasteiger partial charge on any atom is -0.352 e. The van der Waals surface area contributed by atoms with E-state index < -0.39 is 35.6 Å². The first-order valence-electron chi connectivity index (χ1n) is 24.8. The molecule has 392 valence electrons. The van der Waals surface area contributed by atoms with Crippen molar-refractivity contribution in [1.82, 2.24) is 42.1 Å².